The van der Waals surface area contributed by atoms with Gasteiger partial charge in [-0.25, -0.2) is 0 Å². The highest BCUT2D eigenvalue weighted by molar-refractivity contribution is 5.91. The first-order valence-electron chi connectivity index (χ1n) is 5.50. The molecule has 0 aliphatic rings. The van der Waals surface area contributed by atoms with Gasteiger partial charge in [-0.2, -0.15) is 0 Å². The zero-order chi connectivity index (χ0) is 12.4. The van der Waals surface area contributed by atoms with Crippen molar-refractivity contribution in [2.45, 2.75) is 26.8 Å². The summed E-state index contributed by atoms with van der Waals surface area (Å²) in [5.74, 6) is 2.36. The molecule has 0 bridgehead atoms. The Bertz CT molecular complexity index is 524. The molecule has 4 heteroatoms. The molecule has 0 aliphatic carbocycles. The number of aryl methyl sites for hydroxylation is 2. The summed E-state index contributed by atoms with van der Waals surface area (Å²) in [5, 5.41) is 2.81. The number of hydrogen-bond donors (Lipinski definition) is 1. The quantitative estimate of drug-likeness (QED) is 0.886. The average Bonchev–Trinajstić information content (AvgIpc) is 2.87. The third-order valence-corrected chi connectivity index (χ3v) is 2.50. The standard InChI is InChI=1S/C13H15NO3/c1-8-4-6-11(16-8)10(3)14-13(15)12-7-5-9(2)17-12/h4-7,10H,1-3H3,(H,14,15). The van der Waals surface area contributed by atoms with Crippen LogP contribution in [0.4, 0.5) is 0 Å². The maximum Gasteiger partial charge on any atom is 0.287 e. The van der Waals surface area contributed by atoms with E-state index in [-0.39, 0.29) is 11.9 Å². The van der Waals surface area contributed by atoms with E-state index < -0.39 is 0 Å². The van der Waals surface area contributed by atoms with Gasteiger partial charge in [-0.15, -0.1) is 0 Å². The molecule has 2 aromatic rings. The van der Waals surface area contributed by atoms with Crippen LogP contribution in [-0.4, -0.2) is 5.91 Å². The Balaban J connectivity index is 2.04. The summed E-state index contributed by atoms with van der Waals surface area (Å²) in [6.45, 7) is 5.54. The molecule has 1 amide bonds. The second kappa shape index (κ2) is 4.49. The fourth-order valence-corrected chi connectivity index (χ4v) is 1.58. The van der Waals surface area contributed by atoms with Gasteiger partial charge in [-0.3, -0.25) is 4.79 Å². The molecule has 1 N–H and O–H groups in total. The molecule has 2 aromatic heterocycles. The summed E-state index contributed by atoms with van der Waals surface area (Å²) in [4.78, 5) is 11.8. The molecule has 0 aliphatic heterocycles. The van der Waals surface area contributed by atoms with Crippen molar-refractivity contribution in [3.8, 4) is 0 Å². The Morgan fingerprint density at radius 2 is 1.76 bits per heavy atom. The predicted octanol–water partition coefficient (Wildman–Crippen LogP) is 2.98. The third-order valence-electron chi connectivity index (χ3n) is 2.50. The molecule has 0 saturated carbocycles. The molecule has 1 unspecified atom stereocenters. The maximum atomic E-state index is 11.8. The molecule has 0 radical (unpaired) electrons. The van der Waals surface area contributed by atoms with Crippen molar-refractivity contribution in [1.82, 2.24) is 5.32 Å². The number of carbonyl (C=O) groups is 1. The number of rotatable bonds is 3. The van der Waals surface area contributed by atoms with Crippen molar-refractivity contribution in [3.05, 3.63) is 47.3 Å². The Morgan fingerprint density at radius 1 is 1.12 bits per heavy atom. The SMILES string of the molecule is Cc1ccc(C(=O)NC(C)c2ccc(C)o2)o1. The lowest BCUT2D eigenvalue weighted by Gasteiger charge is -2.09. The van der Waals surface area contributed by atoms with E-state index in [1.54, 1.807) is 19.1 Å². The van der Waals surface area contributed by atoms with Gasteiger partial charge in [0.15, 0.2) is 5.76 Å². The van der Waals surface area contributed by atoms with Crippen LogP contribution in [0, 0.1) is 13.8 Å². The smallest absolute Gasteiger partial charge is 0.287 e. The molecule has 0 spiro atoms. The van der Waals surface area contributed by atoms with Crippen molar-refractivity contribution in [2.24, 2.45) is 0 Å². The summed E-state index contributed by atoms with van der Waals surface area (Å²) < 4.78 is 10.7. The number of amides is 1. The molecular weight excluding hydrogens is 218 g/mol. The molecule has 2 heterocycles. The van der Waals surface area contributed by atoms with Crippen LogP contribution in [0.15, 0.2) is 33.1 Å². The number of nitrogens with one attached hydrogen (secondary N) is 1. The zero-order valence-corrected chi connectivity index (χ0v) is 10.1. The van der Waals surface area contributed by atoms with E-state index in [1.807, 2.05) is 26.0 Å². The van der Waals surface area contributed by atoms with E-state index in [0.717, 1.165) is 17.3 Å². The van der Waals surface area contributed by atoms with Crippen molar-refractivity contribution >= 4 is 5.91 Å². The van der Waals surface area contributed by atoms with E-state index >= 15 is 0 Å². The van der Waals surface area contributed by atoms with Crippen LogP contribution in [0.2, 0.25) is 0 Å². The highest BCUT2D eigenvalue weighted by atomic mass is 16.4. The second-order valence-electron chi connectivity index (χ2n) is 4.05. The third kappa shape index (κ3) is 2.58. The molecule has 90 valence electrons. The first-order chi connectivity index (χ1) is 8.06. The topological polar surface area (TPSA) is 55.4 Å². The Kier molecular flexibility index (Phi) is 3.04. The summed E-state index contributed by atoms with van der Waals surface area (Å²) >= 11 is 0. The summed E-state index contributed by atoms with van der Waals surface area (Å²) in [7, 11) is 0. The van der Waals surface area contributed by atoms with Gasteiger partial charge in [-0.05, 0) is 45.0 Å². The summed E-state index contributed by atoms with van der Waals surface area (Å²) in [6.07, 6.45) is 0. The molecule has 1 atom stereocenters. The first kappa shape index (κ1) is 11.5. The van der Waals surface area contributed by atoms with E-state index in [9.17, 15) is 4.79 Å². The number of hydrogen-bond acceptors (Lipinski definition) is 3. The minimum absolute atomic E-state index is 0.179. The maximum absolute atomic E-state index is 11.8. The monoisotopic (exact) mass is 233 g/mol. The fourth-order valence-electron chi connectivity index (χ4n) is 1.58. The van der Waals surface area contributed by atoms with Crippen molar-refractivity contribution in [3.63, 3.8) is 0 Å². The van der Waals surface area contributed by atoms with Crippen LogP contribution in [0.1, 0.15) is 40.8 Å². The summed E-state index contributed by atoms with van der Waals surface area (Å²) in [5.41, 5.74) is 0. The first-order valence-corrected chi connectivity index (χ1v) is 5.50. The molecular formula is C13H15NO3. The van der Waals surface area contributed by atoms with Crippen LogP contribution in [0.5, 0.6) is 0 Å². The van der Waals surface area contributed by atoms with Gasteiger partial charge in [0.25, 0.3) is 5.91 Å². The largest absolute Gasteiger partial charge is 0.464 e. The van der Waals surface area contributed by atoms with Crippen LogP contribution >= 0.6 is 0 Å². The lowest BCUT2D eigenvalue weighted by Crippen LogP contribution is -2.25. The average molecular weight is 233 g/mol. The van der Waals surface area contributed by atoms with E-state index in [2.05, 4.69) is 5.32 Å². The molecule has 0 saturated heterocycles. The highest BCUT2D eigenvalue weighted by Crippen LogP contribution is 2.16. The molecule has 2 rings (SSSR count). The van der Waals surface area contributed by atoms with Crippen molar-refractivity contribution < 1.29 is 13.6 Å². The lowest BCUT2D eigenvalue weighted by atomic mass is 10.2. The van der Waals surface area contributed by atoms with E-state index in [4.69, 9.17) is 8.83 Å². The van der Waals surface area contributed by atoms with Crippen LogP contribution in [0.3, 0.4) is 0 Å². The molecule has 0 aromatic carbocycles. The van der Waals surface area contributed by atoms with Gasteiger partial charge >= 0.3 is 0 Å². The fraction of sp³-hybridized carbons (Fsp3) is 0.308. The van der Waals surface area contributed by atoms with Gasteiger partial charge in [-0.1, -0.05) is 0 Å². The number of furan rings is 2. The molecule has 17 heavy (non-hydrogen) atoms. The van der Waals surface area contributed by atoms with Crippen molar-refractivity contribution in [1.29, 1.82) is 0 Å². The Labute approximate surface area is 99.6 Å². The second-order valence-corrected chi connectivity index (χ2v) is 4.05. The normalized spacial score (nSPS) is 12.4. The van der Waals surface area contributed by atoms with E-state index in [0.29, 0.717) is 5.76 Å². The van der Waals surface area contributed by atoms with Gasteiger partial charge in [0, 0.05) is 0 Å². The van der Waals surface area contributed by atoms with Crippen LogP contribution in [-0.2, 0) is 0 Å². The van der Waals surface area contributed by atoms with Crippen molar-refractivity contribution in [2.75, 3.05) is 0 Å². The molecule has 0 fully saturated rings. The van der Waals surface area contributed by atoms with Crippen LogP contribution in [0.25, 0.3) is 0 Å². The Hall–Kier alpha value is -1.97. The van der Waals surface area contributed by atoms with Gasteiger partial charge in [0.2, 0.25) is 0 Å². The van der Waals surface area contributed by atoms with Gasteiger partial charge in [0.05, 0.1) is 6.04 Å². The Morgan fingerprint density at radius 3 is 2.29 bits per heavy atom. The van der Waals surface area contributed by atoms with E-state index in [1.165, 1.54) is 0 Å². The van der Waals surface area contributed by atoms with Gasteiger partial charge in [0.1, 0.15) is 17.3 Å². The highest BCUT2D eigenvalue weighted by Gasteiger charge is 2.16. The van der Waals surface area contributed by atoms with Crippen LogP contribution < -0.4 is 5.32 Å². The predicted molar refractivity (Wildman–Crippen MR) is 62.8 cm³/mol. The summed E-state index contributed by atoms with van der Waals surface area (Å²) in [6, 6.07) is 6.96. The number of carbonyl (C=O) groups excluding carboxylic acids is 1. The minimum atomic E-state index is -0.236. The lowest BCUT2D eigenvalue weighted by molar-refractivity contribution is 0.0906. The molecule has 4 nitrogen and oxygen atoms in total. The van der Waals surface area contributed by atoms with Gasteiger partial charge < -0.3 is 14.2 Å². The minimum Gasteiger partial charge on any atom is -0.464 e. The zero-order valence-electron chi connectivity index (χ0n) is 10.1.